The third kappa shape index (κ3) is 4.36. The number of rotatable bonds is 6. The van der Waals surface area contributed by atoms with Crippen molar-refractivity contribution >= 4 is 34.0 Å². The molecule has 34 heavy (non-hydrogen) atoms. The summed E-state index contributed by atoms with van der Waals surface area (Å²) in [6.45, 7) is 2.40. The summed E-state index contributed by atoms with van der Waals surface area (Å²) in [5, 5.41) is 5.41. The Bertz CT molecular complexity index is 1390. The maximum Gasteiger partial charge on any atom is 0.251 e. The largest absolute Gasteiger partial charge is 0.348 e. The molecule has 166 valence electrons. The molecule has 0 aliphatic carbocycles. The van der Waals surface area contributed by atoms with E-state index in [2.05, 4.69) is 39.6 Å². The maximum atomic E-state index is 13.3. The lowest BCUT2D eigenvalue weighted by Crippen LogP contribution is -2.24. The van der Waals surface area contributed by atoms with Crippen LogP contribution in [0.1, 0.15) is 21.5 Å². The van der Waals surface area contributed by atoms with Crippen molar-refractivity contribution in [3.8, 4) is 0 Å². The Balaban J connectivity index is 1.46. The van der Waals surface area contributed by atoms with Gasteiger partial charge in [0, 0.05) is 30.2 Å². The van der Waals surface area contributed by atoms with Gasteiger partial charge < -0.3 is 5.32 Å². The SMILES string of the molecule is Cc1ccc(N(c2ccccn2)c2ccccn2)cc1C(=O)NCc1cccc2ccccc12. The molecule has 0 atom stereocenters. The van der Waals surface area contributed by atoms with Crippen LogP contribution >= 0.6 is 0 Å². The second kappa shape index (κ2) is 9.55. The molecule has 5 nitrogen and oxygen atoms in total. The molecule has 0 radical (unpaired) electrons. The van der Waals surface area contributed by atoms with Gasteiger partial charge in [-0.15, -0.1) is 0 Å². The number of nitrogens with zero attached hydrogens (tertiary/aromatic N) is 3. The molecule has 0 bridgehead atoms. The standard InChI is InChI=1S/C29H24N4O/c1-21-15-16-24(33(27-13-4-6-17-30-27)28-14-5-7-18-31-28)19-26(21)29(34)32-20-23-11-8-10-22-9-2-3-12-25(22)23/h2-19H,20H2,1H3,(H,32,34). The van der Waals surface area contributed by atoms with Crippen LogP contribution < -0.4 is 10.2 Å². The first-order chi connectivity index (χ1) is 16.7. The molecule has 0 saturated carbocycles. The van der Waals surface area contributed by atoms with Crippen molar-refractivity contribution < 1.29 is 4.79 Å². The molecule has 0 aliphatic heterocycles. The molecule has 0 aliphatic rings. The van der Waals surface area contributed by atoms with Crippen LogP contribution in [-0.2, 0) is 6.54 Å². The number of benzene rings is 3. The number of anilines is 3. The second-order valence-corrected chi connectivity index (χ2v) is 8.03. The molecule has 2 heterocycles. The maximum absolute atomic E-state index is 13.3. The first-order valence-electron chi connectivity index (χ1n) is 11.2. The van der Waals surface area contributed by atoms with Crippen LogP contribution in [0.3, 0.4) is 0 Å². The Kier molecular flexibility index (Phi) is 5.99. The summed E-state index contributed by atoms with van der Waals surface area (Å²) in [5.74, 6) is 1.34. The molecule has 3 aromatic carbocycles. The molecular formula is C29H24N4O. The number of pyridine rings is 2. The Morgan fingerprint density at radius 1 is 0.794 bits per heavy atom. The van der Waals surface area contributed by atoms with Crippen molar-refractivity contribution in [1.82, 2.24) is 15.3 Å². The van der Waals surface area contributed by atoms with Gasteiger partial charge in [0.15, 0.2) is 0 Å². The van der Waals surface area contributed by atoms with Gasteiger partial charge in [-0.2, -0.15) is 0 Å². The third-order valence-electron chi connectivity index (χ3n) is 5.80. The number of aromatic nitrogens is 2. The molecule has 0 fully saturated rings. The number of carbonyl (C=O) groups is 1. The van der Waals surface area contributed by atoms with Crippen molar-refractivity contribution in [2.24, 2.45) is 0 Å². The van der Waals surface area contributed by atoms with Crippen molar-refractivity contribution in [2.45, 2.75) is 13.5 Å². The highest BCUT2D eigenvalue weighted by Gasteiger charge is 2.18. The predicted octanol–water partition coefficient (Wildman–Crippen LogP) is 6.34. The normalized spacial score (nSPS) is 10.7. The minimum Gasteiger partial charge on any atom is -0.348 e. The number of hydrogen-bond acceptors (Lipinski definition) is 4. The lowest BCUT2D eigenvalue weighted by atomic mass is 10.0. The van der Waals surface area contributed by atoms with E-state index in [-0.39, 0.29) is 5.91 Å². The fourth-order valence-corrected chi connectivity index (χ4v) is 4.07. The van der Waals surface area contributed by atoms with E-state index in [1.807, 2.05) is 84.6 Å². The van der Waals surface area contributed by atoms with Gasteiger partial charge in [-0.25, -0.2) is 9.97 Å². The molecule has 1 amide bonds. The number of fused-ring (bicyclic) bond motifs is 1. The Labute approximate surface area is 198 Å². The van der Waals surface area contributed by atoms with E-state index in [1.165, 1.54) is 0 Å². The van der Waals surface area contributed by atoms with Gasteiger partial charge in [0.05, 0.1) is 0 Å². The van der Waals surface area contributed by atoms with Crippen molar-refractivity contribution in [2.75, 3.05) is 4.90 Å². The molecule has 2 aromatic heterocycles. The van der Waals surface area contributed by atoms with E-state index in [9.17, 15) is 4.79 Å². The van der Waals surface area contributed by atoms with Crippen molar-refractivity contribution in [1.29, 1.82) is 0 Å². The Hall–Kier alpha value is -4.51. The van der Waals surface area contributed by atoms with Gasteiger partial charge >= 0.3 is 0 Å². The van der Waals surface area contributed by atoms with Crippen LogP contribution in [0.25, 0.3) is 10.8 Å². The van der Waals surface area contributed by atoms with Crippen LogP contribution in [0.4, 0.5) is 17.3 Å². The zero-order chi connectivity index (χ0) is 23.3. The van der Waals surface area contributed by atoms with Crippen LogP contribution in [0, 0.1) is 6.92 Å². The molecular weight excluding hydrogens is 420 g/mol. The summed E-state index contributed by atoms with van der Waals surface area (Å²) in [6.07, 6.45) is 3.49. The average molecular weight is 445 g/mol. The Morgan fingerprint density at radius 2 is 1.47 bits per heavy atom. The van der Waals surface area contributed by atoms with Gasteiger partial charge in [0.2, 0.25) is 0 Å². The van der Waals surface area contributed by atoms with E-state index >= 15 is 0 Å². The topological polar surface area (TPSA) is 58.1 Å². The molecule has 0 saturated heterocycles. The highest BCUT2D eigenvalue weighted by molar-refractivity contribution is 5.97. The molecule has 1 N–H and O–H groups in total. The van der Waals surface area contributed by atoms with Crippen molar-refractivity contribution in [3.63, 3.8) is 0 Å². The quantitative estimate of drug-likeness (QED) is 0.332. The summed E-state index contributed by atoms with van der Waals surface area (Å²) in [5.41, 5.74) is 3.43. The van der Waals surface area contributed by atoms with Crippen LogP contribution in [0.2, 0.25) is 0 Å². The van der Waals surface area contributed by atoms with Gasteiger partial charge in [-0.3, -0.25) is 9.69 Å². The molecule has 5 rings (SSSR count). The van der Waals surface area contributed by atoms with E-state index < -0.39 is 0 Å². The van der Waals surface area contributed by atoms with Crippen LogP contribution in [-0.4, -0.2) is 15.9 Å². The highest BCUT2D eigenvalue weighted by atomic mass is 16.1. The monoisotopic (exact) mass is 444 g/mol. The first kappa shape index (κ1) is 21.3. The number of aryl methyl sites for hydroxylation is 1. The van der Waals surface area contributed by atoms with Gasteiger partial charge in [0.1, 0.15) is 11.6 Å². The fourth-order valence-electron chi connectivity index (χ4n) is 4.07. The zero-order valence-corrected chi connectivity index (χ0v) is 18.8. The van der Waals surface area contributed by atoms with Gasteiger partial charge in [-0.05, 0) is 65.2 Å². The summed E-state index contributed by atoms with van der Waals surface area (Å²) in [6, 6.07) is 31.7. The predicted molar refractivity (Wildman–Crippen MR) is 137 cm³/mol. The minimum atomic E-state index is -0.116. The Morgan fingerprint density at radius 3 is 2.18 bits per heavy atom. The lowest BCUT2D eigenvalue weighted by molar-refractivity contribution is 0.0950. The van der Waals surface area contributed by atoms with Gasteiger partial charge in [-0.1, -0.05) is 60.7 Å². The van der Waals surface area contributed by atoms with E-state index in [1.54, 1.807) is 12.4 Å². The lowest BCUT2D eigenvalue weighted by Gasteiger charge is -2.23. The third-order valence-corrected chi connectivity index (χ3v) is 5.80. The minimum absolute atomic E-state index is 0.116. The summed E-state index contributed by atoms with van der Waals surface area (Å²) < 4.78 is 0. The molecule has 0 unspecified atom stereocenters. The van der Waals surface area contributed by atoms with Gasteiger partial charge in [0.25, 0.3) is 5.91 Å². The average Bonchev–Trinajstić information content (AvgIpc) is 2.89. The number of hydrogen-bond donors (Lipinski definition) is 1. The highest BCUT2D eigenvalue weighted by Crippen LogP contribution is 2.32. The van der Waals surface area contributed by atoms with Crippen molar-refractivity contribution in [3.05, 3.63) is 126 Å². The smallest absolute Gasteiger partial charge is 0.251 e. The number of carbonyl (C=O) groups excluding carboxylic acids is 1. The fraction of sp³-hybridized carbons (Fsp3) is 0.0690. The zero-order valence-electron chi connectivity index (χ0n) is 18.8. The molecule has 0 spiro atoms. The van der Waals surface area contributed by atoms with E-state index in [0.717, 1.165) is 39.2 Å². The number of amides is 1. The van der Waals surface area contributed by atoms with Crippen LogP contribution in [0.15, 0.2) is 109 Å². The number of nitrogens with one attached hydrogen (secondary N) is 1. The van der Waals surface area contributed by atoms with Crippen LogP contribution in [0.5, 0.6) is 0 Å². The second-order valence-electron chi connectivity index (χ2n) is 8.03. The first-order valence-corrected chi connectivity index (χ1v) is 11.2. The molecule has 5 aromatic rings. The summed E-state index contributed by atoms with van der Waals surface area (Å²) in [7, 11) is 0. The van der Waals surface area contributed by atoms with E-state index in [0.29, 0.717) is 12.1 Å². The molecule has 5 heteroatoms. The summed E-state index contributed by atoms with van der Waals surface area (Å²) in [4.78, 5) is 24.2. The summed E-state index contributed by atoms with van der Waals surface area (Å²) >= 11 is 0. The van der Waals surface area contributed by atoms with E-state index in [4.69, 9.17) is 0 Å².